The number of nitrogens with zero attached hydrogens (tertiary/aromatic N) is 2. The molecule has 0 aromatic carbocycles. The smallest absolute Gasteiger partial charge is 0.253 e. The fourth-order valence-electron chi connectivity index (χ4n) is 3.15. The van der Waals surface area contributed by atoms with E-state index in [1.54, 1.807) is 14.0 Å². The van der Waals surface area contributed by atoms with E-state index in [1.165, 1.54) is 0 Å². The molecule has 0 aromatic heterocycles. The molecule has 2 aliphatic rings. The SMILES string of the molecule is CNC(=O)C1(C)CN(C(=O)C2(C)CCN(C)CC2)CCO1. The molecule has 120 valence electrons. The minimum absolute atomic E-state index is 0.161. The molecule has 21 heavy (non-hydrogen) atoms. The zero-order valence-corrected chi connectivity index (χ0v) is 13.6. The molecule has 6 heteroatoms. The molecular weight excluding hydrogens is 270 g/mol. The summed E-state index contributed by atoms with van der Waals surface area (Å²) in [6.07, 6.45) is 1.74. The number of nitrogens with one attached hydrogen (secondary N) is 1. The normalized spacial score (nSPS) is 30.0. The molecule has 0 saturated carbocycles. The van der Waals surface area contributed by atoms with Crippen molar-refractivity contribution in [3.63, 3.8) is 0 Å². The second-order valence-electron chi connectivity index (χ2n) is 6.75. The molecule has 0 bridgehead atoms. The molecule has 0 spiro atoms. The molecule has 1 unspecified atom stereocenters. The van der Waals surface area contributed by atoms with Crippen molar-refractivity contribution in [1.82, 2.24) is 15.1 Å². The van der Waals surface area contributed by atoms with Crippen LogP contribution in [-0.4, -0.2) is 74.1 Å². The Hall–Kier alpha value is -1.14. The van der Waals surface area contributed by atoms with E-state index in [4.69, 9.17) is 4.74 Å². The van der Waals surface area contributed by atoms with Crippen LogP contribution in [0.4, 0.5) is 0 Å². The second kappa shape index (κ2) is 5.93. The van der Waals surface area contributed by atoms with Crippen LogP contribution in [-0.2, 0) is 14.3 Å². The molecule has 0 aromatic rings. The second-order valence-corrected chi connectivity index (χ2v) is 6.75. The highest BCUT2D eigenvalue weighted by Gasteiger charge is 2.45. The molecule has 6 nitrogen and oxygen atoms in total. The first-order chi connectivity index (χ1) is 9.81. The summed E-state index contributed by atoms with van der Waals surface area (Å²) < 4.78 is 5.62. The van der Waals surface area contributed by atoms with Crippen molar-refractivity contribution in [2.75, 3.05) is 46.9 Å². The van der Waals surface area contributed by atoms with Crippen molar-refractivity contribution in [3.05, 3.63) is 0 Å². The van der Waals surface area contributed by atoms with Crippen LogP contribution in [0.1, 0.15) is 26.7 Å². The number of amides is 2. The molecule has 0 radical (unpaired) electrons. The molecule has 0 aliphatic carbocycles. The van der Waals surface area contributed by atoms with Crippen LogP contribution in [0.25, 0.3) is 0 Å². The van der Waals surface area contributed by atoms with Gasteiger partial charge in [0.25, 0.3) is 5.91 Å². The Morgan fingerprint density at radius 2 is 1.76 bits per heavy atom. The lowest BCUT2D eigenvalue weighted by Gasteiger charge is -2.44. The maximum atomic E-state index is 12.9. The van der Waals surface area contributed by atoms with Gasteiger partial charge in [0.05, 0.1) is 13.2 Å². The first-order valence-corrected chi connectivity index (χ1v) is 7.65. The van der Waals surface area contributed by atoms with Crippen molar-refractivity contribution < 1.29 is 14.3 Å². The Balaban J connectivity index is 2.07. The Bertz CT molecular complexity index is 418. The van der Waals surface area contributed by atoms with E-state index in [-0.39, 0.29) is 17.2 Å². The average molecular weight is 297 g/mol. The van der Waals surface area contributed by atoms with Crippen LogP contribution >= 0.6 is 0 Å². The summed E-state index contributed by atoms with van der Waals surface area (Å²) in [6, 6.07) is 0. The summed E-state index contributed by atoms with van der Waals surface area (Å²) in [5.74, 6) is -0.0115. The number of rotatable bonds is 2. The molecular formula is C15H27N3O3. The van der Waals surface area contributed by atoms with E-state index in [1.807, 2.05) is 4.90 Å². The van der Waals surface area contributed by atoms with E-state index in [9.17, 15) is 9.59 Å². The summed E-state index contributed by atoms with van der Waals surface area (Å²) >= 11 is 0. The van der Waals surface area contributed by atoms with Gasteiger partial charge in [-0.05, 0) is 39.9 Å². The standard InChI is InChI=1S/C15H27N3O3/c1-14(5-7-17(4)8-6-14)13(20)18-9-10-21-15(2,11-18)12(19)16-3/h5-11H2,1-4H3,(H,16,19). The maximum Gasteiger partial charge on any atom is 0.253 e. The fraction of sp³-hybridized carbons (Fsp3) is 0.867. The number of likely N-dealkylation sites (tertiary alicyclic amines) is 1. The number of morpholine rings is 1. The number of ether oxygens (including phenoxy) is 1. The summed E-state index contributed by atoms with van der Waals surface area (Å²) in [4.78, 5) is 28.9. The van der Waals surface area contributed by atoms with Gasteiger partial charge < -0.3 is 19.9 Å². The monoisotopic (exact) mass is 297 g/mol. The number of piperidine rings is 1. The van der Waals surface area contributed by atoms with Gasteiger partial charge in [0, 0.05) is 19.0 Å². The molecule has 2 heterocycles. The van der Waals surface area contributed by atoms with Crippen LogP contribution in [0.2, 0.25) is 0 Å². The number of carbonyl (C=O) groups is 2. The number of hydrogen-bond donors (Lipinski definition) is 1. The van der Waals surface area contributed by atoms with Gasteiger partial charge >= 0.3 is 0 Å². The third-order valence-corrected chi connectivity index (χ3v) is 4.88. The zero-order chi connectivity index (χ0) is 15.7. The maximum absolute atomic E-state index is 12.9. The third-order valence-electron chi connectivity index (χ3n) is 4.88. The van der Waals surface area contributed by atoms with E-state index in [2.05, 4.69) is 24.2 Å². The highest BCUT2D eigenvalue weighted by atomic mass is 16.5. The van der Waals surface area contributed by atoms with Gasteiger partial charge in [-0.25, -0.2) is 0 Å². The fourth-order valence-corrected chi connectivity index (χ4v) is 3.15. The first kappa shape index (κ1) is 16.2. The highest BCUT2D eigenvalue weighted by molar-refractivity contribution is 5.87. The molecule has 1 N–H and O–H groups in total. The Kier molecular flexibility index (Phi) is 4.58. The lowest BCUT2D eigenvalue weighted by atomic mass is 9.78. The van der Waals surface area contributed by atoms with Gasteiger partial charge in [-0.3, -0.25) is 9.59 Å². The van der Waals surface area contributed by atoms with Crippen molar-refractivity contribution >= 4 is 11.8 Å². The van der Waals surface area contributed by atoms with E-state index >= 15 is 0 Å². The molecule has 2 aliphatic heterocycles. The quantitative estimate of drug-likeness (QED) is 0.784. The minimum Gasteiger partial charge on any atom is -0.362 e. The molecule has 2 saturated heterocycles. The van der Waals surface area contributed by atoms with Crippen molar-refractivity contribution in [2.24, 2.45) is 5.41 Å². The Morgan fingerprint density at radius 3 is 2.33 bits per heavy atom. The molecule has 1 atom stereocenters. The van der Waals surface area contributed by atoms with Crippen molar-refractivity contribution in [3.8, 4) is 0 Å². The molecule has 2 amide bonds. The van der Waals surface area contributed by atoms with Crippen LogP contribution in [0.5, 0.6) is 0 Å². The third kappa shape index (κ3) is 3.21. The van der Waals surface area contributed by atoms with Crippen LogP contribution in [0.3, 0.4) is 0 Å². The largest absolute Gasteiger partial charge is 0.362 e. The van der Waals surface area contributed by atoms with Gasteiger partial charge in [-0.15, -0.1) is 0 Å². The summed E-state index contributed by atoms with van der Waals surface area (Å²) in [5, 5.41) is 2.62. The summed E-state index contributed by atoms with van der Waals surface area (Å²) in [5.41, 5.74) is -1.25. The zero-order valence-electron chi connectivity index (χ0n) is 13.6. The van der Waals surface area contributed by atoms with E-state index in [0.717, 1.165) is 25.9 Å². The van der Waals surface area contributed by atoms with Crippen molar-refractivity contribution in [1.29, 1.82) is 0 Å². The van der Waals surface area contributed by atoms with Crippen LogP contribution in [0.15, 0.2) is 0 Å². The van der Waals surface area contributed by atoms with Gasteiger partial charge in [-0.2, -0.15) is 0 Å². The average Bonchev–Trinajstić information content (AvgIpc) is 2.48. The highest BCUT2D eigenvalue weighted by Crippen LogP contribution is 2.34. The lowest BCUT2D eigenvalue weighted by molar-refractivity contribution is -0.168. The molecule has 2 rings (SSSR count). The minimum atomic E-state index is -0.940. The predicted molar refractivity (Wildman–Crippen MR) is 79.8 cm³/mol. The number of likely N-dealkylation sites (N-methyl/N-ethyl adjacent to an activating group) is 1. The van der Waals surface area contributed by atoms with Gasteiger partial charge in [-0.1, -0.05) is 6.92 Å². The van der Waals surface area contributed by atoms with E-state index < -0.39 is 5.60 Å². The number of hydrogen-bond acceptors (Lipinski definition) is 4. The first-order valence-electron chi connectivity index (χ1n) is 7.65. The van der Waals surface area contributed by atoms with Gasteiger partial charge in [0.2, 0.25) is 5.91 Å². The van der Waals surface area contributed by atoms with Gasteiger partial charge in [0.15, 0.2) is 5.60 Å². The van der Waals surface area contributed by atoms with Gasteiger partial charge in [0.1, 0.15) is 0 Å². The topological polar surface area (TPSA) is 61.9 Å². The summed E-state index contributed by atoms with van der Waals surface area (Å²) in [7, 11) is 3.68. The molecule has 2 fully saturated rings. The Morgan fingerprint density at radius 1 is 1.14 bits per heavy atom. The number of carbonyl (C=O) groups excluding carboxylic acids is 2. The lowest BCUT2D eigenvalue weighted by Crippen LogP contribution is -2.61. The van der Waals surface area contributed by atoms with Crippen molar-refractivity contribution in [2.45, 2.75) is 32.3 Å². The van der Waals surface area contributed by atoms with E-state index in [0.29, 0.717) is 19.7 Å². The van der Waals surface area contributed by atoms with Crippen LogP contribution < -0.4 is 5.32 Å². The summed E-state index contributed by atoms with van der Waals surface area (Å²) in [6.45, 7) is 7.00. The van der Waals surface area contributed by atoms with Crippen LogP contribution in [0, 0.1) is 5.41 Å². The Labute approximate surface area is 126 Å². The predicted octanol–water partition coefficient (Wildman–Crippen LogP) is 0.0818.